The van der Waals surface area contributed by atoms with E-state index in [1.54, 1.807) is 6.20 Å². The zero-order valence-corrected chi connectivity index (χ0v) is 18.1. The third-order valence-corrected chi connectivity index (χ3v) is 6.85. The largest absolute Gasteiger partial charge is 0.352 e. The van der Waals surface area contributed by atoms with Crippen molar-refractivity contribution in [1.82, 2.24) is 20.4 Å². The monoisotopic (exact) mass is 432 g/mol. The normalized spacial score (nSPS) is 17.8. The average molecular weight is 433 g/mol. The first kappa shape index (κ1) is 22.0. The van der Waals surface area contributed by atoms with E-state index in [4.69, 9.17) is 0 Å². The molecule has 0 aliphatic carbocycles. The molecule has 8 nitrogen and oxygen atoms in total. The number of carbonyl (C=O) groups is 2. The molecule has 1 aliphatic rings. The minimum atomic E-state index is -3.04. The predicted octanol–water partition coefficient (Wildman–Crippen LogP) is 1.48. The lowest BCUT2D eigenvalue weighted by Crippen LogP contribution is -2.37. The number of nitrogens with one attached hydrogen (secondary N) is 2. The maximum Gasteiger partial charge on any atom is 0.254 e. The fraction of sp³-hybridized carbons (Fsp3) is 0.476. The van der Waals surface area contributed by atoms with Crippen LogP contribution in [0.4, 0.5) is 0 Å². The molecule has 1 unspecified atom stereocenters. The van der Waals surface area contributed by atoms with Crippen molar-refractivity contribution in [2.24, 2.45) is 0 Å². The molecule has 162 valence electrons. The van der Waals surface area contributed by atoms with Gasteiger partial charge in [0.2, 0.25) is 5.91 Å². The SMILES string of the molecule is CC(C)c1c(C(=O)NCCC(=O)NC2CCS(=O)(=O)C2)cnn1Cc1ccccc1. The van der Waals surface area contributed by atoms with Crippen molar-refractivity contribution in [2.75, 3.05) is 18.1 Å². The topological polar surface area (TPSA) is 110 Å². The maximum absolute atomic E-state index is 12.7. The van der Waals surface area contributed by atoms with Gasteiger partial charge in [-0.3, -0.25) is 14.3 Å². The van der Waals surface area contributed by atoms with Crippen LogP contribution in [0, 0.1) is 0 Å². The van der Waals surface area contributed by atoms with Gasteiger partial charge < -0.3 is 10.6 Å². The highest BCUT2D eigenvalue weighted by atomic mass is 32.2. The van der Waals surface area contributed by atoms with Gasteiger partial charge in [0.1, 0.15) is 0 Å². The van der Waals surface area contributed by atoms with Crippen LogP contribution in [0.1, 0.15) is 54.2 Å². The standard InChI is InChI=1S/C21H28N4O4S/c1-15(2)20-18(12-23-25(20)13-16-6-4-3-5-7-16)21(27)22-10-8-19(26)24-17-9-11-30(28,29)14-17/h3-7,12,15,17H,8-11,13-14H2,1-2H3,(H,22,27)(H,24,26). The number of benzene rings is 1. The Labute approximate surface area is 177 Å². The van der Waals surface area contributed by atoms with Crippen molar-refractivity contribution in [2.45, 2.75) is 45.2 Å². The highest BCUT2D eigenvalue weighted by Crippen LogP contribution is 2.20. The Kier molecular flexibility index (Phi) is 6.91. The van der Waals surface area contributed by atoms with E-state index < -0.39 is 9.84 Å². The molecule has 0 saturated carbocycles. The van der Waals surface area contributed by atoms with E-state index in [2.05, 4.69) is 15.7 Å². The predicted molar refractivity (Wildman–Crippen MR) is 114 cm³/mol. The zero-order chi connectivity index (χ0) is 21.7. The van der Waals surface area contributed by atoms with Gasteiger partial charge in [-0.2, -0.15) is 5.10 Å². The fourth-order valence-electron chi connectivity index (χ4n) is 3.65. The molecule has 0 spiro atoms. The second-order valence-electron chi connectivity index (χ2n) is 7.91. The minimum Gasteiger partial charge on any atom is -0.352 e. The van der Waals surface area contributed by atoms with Crippen molar-refractivity contribution in [3.8, 4) is 0 Å². The third kappa shape index (κ3) is 5.69. The number of aromatic nitrogens is 2. The number of sulfone groups is 1. The smallest absolute Gasteiger partial charge is 0.254 e. The third-order valence-electron chi connectivity index (χ3n) is 5.08. The van der Waals surface area contributed by atoms with E-state index in [0.717, 1.165) is 11.3 Å². The van der Waals surface area contributed by atoms with Gasteiger partial charge in [0, 0.05) is 19.0 Å². The fourth-order valence-corrected chi connectivity index (χ4v) is 5.33. The summed E-state index contributed by atoms with van der Waals surface area (Å²) in [6, 6.07) is 9.58. The molecule has 2 aromatic rings. The van der Waals surface area contributed by atoms with Gasteiger partial charge in [-0.1, -0.05) is 44.2 Å². The van der Waals surface area contributed by atoms with E-state index in [9.17, 15) is 18.0 Å². The van der Waals surface area contributed by atoms with Crippen LogP contribution in [0.25, 0.3) is 0 Å². The second kappa shape index (κ2) is 9.42. The highest BCUT2D eigenvalue weighted by Gasteiger charge is 2.28. The summed E-state index contributed by atoms with van der Waals surface area (Å²) < 4.78 is 24.8. The summed E-state index contributed by atoms with van der Waals surface area (Å²) in [6.45, 7) is 4.77. The Hall–Kier alpha value is -2.68. The van der Waals surface area contributed by atoms with Gasteiger partial charge in [0.25, 0.3) is 5.91 Å². The first-order valence-corrected chi connectivity index (χ1v) is 11.9. The molecular weight excluding hydrogens is 404 g/mol. The molecule has 1 fully saturated rings. The van der Waals surface area contributed by atoms with Gasteiger partial charge in [0.05, 0.1) is 35.5 Å². The summed E-state index contributed by atoms with van der Waals surface area (Å²) in [7, 11) is -3.04. The van der Waals surface area contributed by atoms with Crippen molar-refractivity contribution in [3.63, 3.8) is 0 Å². The van der Waals surface area contributed by atoms with Gasteiger partial charge in [-0.15, -0.1) is 0 Å². The number of carbonyl (C=O) groups excluding carboxylic acids is 2. The molecule has 30 heavy (non-hydrogen) atoms. The molecule has 3 rings (SSSR count). The molecule has 0 bridgehead atoms. The van der Waals surface area contributed by atoms with Crippen LogP contribution < -0.4 is 10.6 Å². The summed E-state index contributed by atoms with van der Waals surface area (Å²) in [6.07, 6.45) is 2.10. The first-order chi connectivity index (χ1) is 14.2. The van der Waals surface area contributed by atoms with E-state index in [1.165, 1.54) is 0 Å². The lowest BCUT2D eigenvalue weighted by molar-refractivity contribution is -0.121. The van der Waals surface area contributed by atoms with Gasteiger partial charge >= 0.3 is 0 Å². The average Bonchev–Trinajstić information content (AvgIpc) is 3.25. The number of amides is 2. The second-order valence-corrected chi connectivity index (χ2v) is 10.1. The van der Waals surface area contributed by atoms with Crippen LogP contribution in [0.3, 0.4) is 0 Å². The Bertz CT molecular complexity index is 999. The van der Waals surface area contributed by atoms with Gasteiger partial charge in [-0.05, 0) is 17.9 Å². The molecule has 2 N–H and O–H groups in total. The summed E-state index contributed by atoms with van der Waals surface area (Å²) >= 11 is 0. The molecule has 2 amide bonds. The highest BCUT2D eigenvalue weighted by molar-refractivity contribution is 7.91. The Balaban J connectivity index is 1.55. The van der Waals surface area contributed by atoms with Gasteiger partial charge in [-0.25, -0.2) is 8.42 Å². The molecule has 1 atom stereocenters. The molecule has 2 heterocycles. The van der Waals surface area contributed by atoms with E-state index >= 15 is 0 Å². The number of rotatable bonds is 8. The van der Waals surface area contributed by atoms with Crippen molar-refractivity contribution >= 4 is 21.7 Å². The summed E-state index contributed by atoms with van der Waals surface area (Å²) in [4.78, 5) is 24.7. The van der Waals surface area contributed by atoms with Crippen LogP contribution in [-0.4, -0.2) is 54.1 Å². The lowest BCUT2D eigenvalue weighted by atomic mass is 10.0. The molecular formula is C21H28N4O4S. The van der Waals surface area contributed by atoms with E-state index in [-0.39, 0.29) is 48.2 Å². The van der Waals surface area contributed by atoms with Crippen molar-refractivity contribution < 1.29 is 18.0 Å². The summed E-state index contributed by atoms with van der Waals surface area (Å²) in [5.41, 5.74) is 2.44. The first-order valence-electron chi connectivity index (χ1n) is 10.1. The minimum absolute atomic E-state index is 0.0105. The maximum atomic E-state index is 12.7. The molecule has 1 aromatic heterocycles. The summed E-state index contributed by atoms with van der Waals surface area (Å²) in [5.74, 6) is -0.330. The number of nitrogens with zero attached hydrogens (tertiary/aromatic N) is 2. The Morgan fingerprint density at radius 1 is 1.23 bits per heavy atom. The van der Waals surface area contributed by atoms with E-state index in [0.29, 0.717) is 18.5 Å². The van der Waals surface area contributed by atoms with Crippen molar-refractivity contribution in [1.29, 1.82) is 0 Å². The van der Waals surface area contributed by atoms with Crippen LogP contribution in [0.5, 0.6) is 0 Å². The van der Waals surface area contributed by atoms with Gasteiger partial charge in [0.15, 0.2) is 9.84 Å². The summed E-state index contributed by atoms with van der Waals surface area (Å²) in [5, 5.41) is 9.89. The van der Waals surface area contributed by atoms with Crippen LogP contribution in [0.2, 0.25) is 0 Å². The lowest BCUT2D eigenvalue weighted by Gasteiger charge is -2.13. The molecule has 1 aliphatic heterocycles. The quantitative estimate of drug-likeness (QED) is 0.657. The zero-order valence-electron chi connectivity index (χ0n) is 17.3. The molecule has 9 heteroatoms. The van der Waals surface area contributed by atoms with Crippen LogP contribution >= 0.6 is 0 Å². The molecule has 1 saturated heterocycles. The van der Waals surface area contributed by atoms with Crippen LogP contribution in [-0.2, 0) is 21.2 Å². The molecule has 1 aromatic carbocycles. The number of hydrogen-bond acceptors (Lipinski definition) is 5. The Morgan fingerprint density at radius 3 is 2.60 bits per heavy atom. The number of hydrogen-bond donors (Lipinski definition) is 2. The van der Waals surface area contributed by atoms with E-state index in [1.807, 2.05) is 48.9 Å². The Morgan fingerprint density at radius 2 is 1.97 bits per heavy atom. The van der Waals surface area contributed by atoms with Crippen molar-refractivity contribution in [3.05, 3.63) is 53.3 Å². The molecule has 0 radical (unpaired) electrons. The van der Waals surface area contributed by atoms with Crippen LogP contribution in [0.15, 0.2) is 36.5 Å².